The first-order valence-corrected chi connectivity index (χ1v) is 6.21. The summed E-state index contributed by atoms with van der Waals surface area (Å²) in [5, 5.41) is 0. The second-order valence-electron chi connectivity index (χ2n) is 4.41. The zero-order valence-electron chi connectivity index (χ0n) is 10.3. The number of benzene rings is 1. The van der Waals surface area contributed by atoms with Gasteiger partial charge in [0.1, 0.15) is 0 Å². The van der Waals surface area contributed by atoms with Crippen LogP contribution in [0.4, 0.5) is 0 Å². The molecule has 0 unspecified atom stereocenters. The van der Waals surface area contributed by atoms with Crippen molar-refractivity contribution < 1.29 is 14.2 Å². The molecule has 2 rings (SSSR count). The summed E-state index contributed by atoms with van der Waals surface area (Å²) >= 11 is 0. The largest absolute Gasteiger partial charge is 0.377 e. The monoisotopic (exact) mass is 236 g/mol. The topological polar surface area (TPSA) is 27.7 Å². The van der Waals surface area contributed by atoms with Crippen LogP contribution in [-0.2, 0) is 20.8 Å². The Morgan fingerprint density at radius 1 is 1.24 bits per heavy atom. The van der Waals surface area contributed by atoms with Gasteiger partial charge in [-0.15, -0.1) is 0 Å². The van der Waals surface area contributed by atoms with Gasteiger partial charge in [0.25, 0.3) is 0 Å². The Morgan fingerprint density at radius 3 is 2.65 bits per heavy atom. The van der Waals surface area contributed by atoms with Crippen LogP contribution in [0.2, 0.25) is 0 Å². The normalized spacial score (nSPS) is 18.4. The van der Waals surface area contributed by atoms with Crippen LogP contribution in [0.1, 0.15) is 18.9 Å². The molecule has 1 fully saturated rings. The van der Waals surface area contributed by atoms with Crippen LogP contribution < -0.4 is 0 Å². The van der Waals surface area contributed by atoms with Crippen molar-refractivity contribution in [1.82, 2.24) is 0 Å². The molecule has 0 N–H and O–H groups in total. The van der Waals surface area contributed by atoms with Crippen molar-refractivity contribution >= 4 is 0 Å². The summed E-state index contributed by atoms with van der Waals surface area (Å²) in [4.78, 5) is 0. The van der Waals surface area contributed by atoms with E-state index in [0.717, 1.165) is 26.2 Å². The maximum absolute atomic E-state index is 5.64. The second kappa shape index (κ2) is 6.74. The molecule has 1 aliphatic rings. The van der Waals surface area contributed by atoms with Gasteiger partial charge in [-0.2, -0.15) is 0 Å². The Hall–Kier alpha value is -0.900. The fourth-order valence-electron chi connectivity index (χ4n) is 1.87. The summed E-state index contributed by atoms with van der Waals surface area (Å²) in [6, 6.07) is 10.2. The van der Waals surface area contributed by atoms with E-state index in [9.17, 15) is 0 Å². The van der Waals surface area contributed by atoms with Gasteiger partial charge in [0.2, 0.25) is 0 Å². The highest BCUT2D eigenvalue weighted by Gasteiger charge is 2.22. The van der Waals surface area contributed by atoms with Crippen molar-refractivity contribution in [2.75, 3.05) is 19.8 Å². The van der Waals surface area contributed by atoms with Crippen molar-refractivity contribution in [3.05, 3.63) is 35.9 Å². The second-order valence-corrected chi connectivity index (χ2v) is 4.41. The average molecular weight is 236 g/mol. The van der Waals surface area contributed by atoms with E-state index in [1.165, 1.54) is 5.56 Å². The third-order valence-electron chi connectivity index (χ3n) is 2.94. The van der Waals surface area contributed by atoms with Crippen molar-refractivity contribution in [2.45, 2.75) is 26.2 Å². The first-order valence-electron chi connectivity index (χ1n) is 6.21. The molecule has 1 heterocycles. The summed E-state index contributed by atoms with van der Waals surface area (Å²) in [5.41, 5.74) is 1.22. The SMILES string of the molecule is C[C@@H](CCOCc1ccccc1)C1OCCO1. The van der Waals surface area contributed by atoms with E-state index in [1.54, 1.807) is 0 Å². The van der Waals surface area contributed by atoms with Gasteiger partial charge in [-0.3, -0.25) is 0 Å². The average Bonchev–Trinajstić information content (AvgIpc) is 2.89. The molecule has 3 heteroatoms. The number of ether oxygens (including phenoxy) is 3. The van der Waals surface area contributed by atoms with E-state index >= 15 is 0 Å². The number of hydrogen-bond acceptors (Lipinski definition) is 3. The molecule has 0 spiro atoms. The lowest BCUT2D eigenvalue weighted by Gasteiger charge is -2.17. The quantitative estimate of drug-likeness (QED) is 0.711. The summed E-state index contributed by atoms with van der Waals surface area (Å²) in [5.74, 6) is 0.397. The van der Waals surface area contributed by atoms with Crippen LogP contribution in [0.5, 0.6) is 0 Å². The van der Waals surface area contributed by atoms with Crippen LogP contribution in [0.3, 0.4) is 0 Å². The minimum atomic E-state index is -0.0321. The van der Waals surface area contributed by atoms with Gasteiger partial charge >= 0.3 is 0 Å². The van der Waals surface area contributed by atoms with E-state index in [2.05, 4.69) is 19.1 Å². The van der Waals surface area contributed by atoms with Gasteiger partial charge in [-0.05, 0) is 12.0 Å². The van der Waals surface area contributed by atoms with Crippen LogP contribution in [0.25, 0.3) is 0 Å². The molecule has 0 aliphatic carbocycles. The van der Waals surface area contributed by atoms with Gasteiger partial charge in [0, 0.05) is 12.5 Å². The highest BCUT2D eigenvalue weighted by molar-refractivity contribution is 5.13. The highest BCUT2D eigenvalue weighted by Crippen LogP contribution is 2.17. The third kappa shape index (κ3) is 4.11. The predicted octanol–water partition coefficient (Wildman–Crippen LogP) is 2.60. The molecule has 1 aromatic carbocycles. The fourth-order valence-corrected chi connectivity index (χ4v) is 1.87. The molecule has 17 heavy (non-hydrogen) atoms. The maximum atomic E-state index is 5.64. The van der Waals surface area contributed by atoms with E-state index < -0.39 is 0 Å². The van der Waals surface area contributed by atoms with Crippen LogP contribution in [-0.4, -0.2) is 26.1 Å². The van der Waals surface area contributed by atoms with Crippen LogP contribution in [0, 0.1) is 5.92 Å². The minimum Gasteiger partial charge on any atom is -0.377 e. The molecule has 0 radical (unpaired) electrons. The molecule has 1 saturated heterocycles. The summed E-state index contributed by atoms with van der Waals surface area (Å²) < 4.78 is 16.5. The summed E-state index contributed by atoms with van der Waals surface area (Å²) in [6.45, 7) is 5.01. The van der Waals surface area contributed by atoms with Gasteiger partial charge in [0.05, 0.1) is 19.8 Å². The Balaban J connectivity index is 1.59. The fraction of sp³-hybridized carbons (Fsp3) is 0.571. The standard InChI is InChI=1S/C14H20O3/c1-12(14-16-9-10-17-14)7-8-15-11-13-5-3-2-4-6-13/h2-6,12,14H,7-11H2,1H3/t12-/m0/s1. The van der Waals surface area contributed by atoms with Crippen molar-refractivity contribution in [3.63, 3.8) is 0 Å². The van der Waals surface area contributed by atoms with Crippen LogP contribution in [0.15, 0.2) is 30.3 Å². The molecule has 1 atom stereocenters. The Morgan fingerprint density at radius 2 is 1.94 bits per heavy atom. The van der Waals surface area contributed by atoms with Crippen LogP contribution >= 0.6 is 0 Å². The number of hydrogen-bond donors (Lipinski definition) is 0. The molecular weight excluding hydrogens is 216 g/mol. The molecule has 1 aliphatic heterocycles. The van der Waals surface area contributed by atoms with E-state index in [4.69, 9.17) is 14.2 Å². The third-order valence-corrected chi connectivity index (χ3v) is 2.94. The zero-order valence-corrected chi connectivity index (χ0v) is 10.3. The molecule has 94 valence electrons. The van der Waals surface area contributed by atoms with E-state index in [0.29, 0.717) is 12.5 Å². The summed E-state index contributed by atoms with van der Waals surface area (Å²) in [6.07, 6.45) is 0.938. The van der Waals surface area contributed by atoms with Gasteiger partial charge in [-0.1, -0.05) is 37.3 Å². The molecule has 1 aromatic rings. The maximum Gasteiger partial charge on any atom is 0.160 e. The lowest BCUT2D eigenvalue weighted by atomic mass is 10.1. The Bertz CT molecular complexity index is 307. The number of rotatable bonds is 6. The minimum absolute atomic E-state index is 0.0321. The van der Waals surface area contributed by atoms with Gasteiger partial charge in [0.15, 0.2) is 6.29 Å². The molecule has 0 aromatic heterocycles. The predicted molar refractivity (Wildman–Crippen MR) is 65.6 cm³/mol. The van der Waals surface area contributed by atoms with Crippen molar-refractivity contribution in [3.8, 4) is 0 Å². The molecule has 3 nitrogen and oxygen atoms in total. The van der Waals surface area contributed by atoms with Gasteiger partial charge < -0.3 is 14.2 Å². The van der Waals surface area contributed by atoms with E-state index in [-0.39, 0.29) is 6.29 Å². The lowest BCUT2D eigenvalue weighted by Crippen LogP contribution is -2.20. The smallest absolute Gasteiger partial charge is 0.160 e. The molecule has 0 saturated carbocycles. The van der Waals surface area contributed by atoms with E-state index in [1.807, 2.05) is 18.2 Å². The van der Waals surface area contributed by atoms with Crippen molar-refractivity contribution in [2.24, 2.45) is 5.92 Å². The first kappa shape index (κ1) is 12.6. The van der Waals surface area contributed by atoms with Gasteiger partial charge in [-0.25, -0.2) is 0 Å². The highest BCUT2D eigenvalue weighted by atomic mass is 16.7. The molecule has 0 amide bonds. The zero-order chi connectivity index (χ0) is 11.9. The van der Waals surface area contributed by atoms with Crippen molar-refractivity contribution in [1.29, 1.82) is 0 Å². The molecule has 0 bridgehead atoms. The Kier molecular flexibility index (Phi) is 4.98. The molecular formula is C14H20O3. The summed E-state index contributed by atoms with van der Waals surface area (Å²) in [7, 11) is 0. The Labute approximate surface area is 103 Å². The lowest BCUT2D eigenvalue weighted by molar-refractivity contribution is -0.0854. The first-order chi connectivity index (χ1) is 8.36.